The summed E-state index contributed by atoms with van der Waals surface area (Å²) < 4.78 is 40.2. The number of aromatic nitrogens is 3. The maximum Gasteiger partial charge on any atom is 0.416 e. The van der Waals surface area contributed by atoms with Crippen LogP contribution in [0.15, 0.2) is 24.5 Å². The molecule has 0 N–H and O–H groups in total. The largest absolute Gasteiger partial charge is 0.416 e. The van der Waals surface area contributed by atoms with E-state index in [1.807, 2.05) is 22.6 Å². The molecule has 1 saturated heterocycles. The zero-order valence-corrected chi connectivity index (χ0v) is 13.1. The van der Waals surface area contributed by atoms with Crippen molar-refractivity contribution in [3.05, 3.63) is 41.5 Å². The third-order valence-electron chi connectivity index (χ3n) is 4.39. The molecule has 126 valence electrons. The molecule has 2 heterocycles. The normalized spacial score (nSPS) is 16.2. The molecule has 1 fully saturated rings. The van der Waals surface area contributed by atoms with Gasteiger partial charge in [0, 0.05) is 26.1 Å². The molecule has 0 saturated carbocycles. The van der Waals surface area contributed by atoms with Gasteiger partial charge in [0.1, 0.15) is 18.2 Å². The number of alkyl halides is 3. The molecule has 2 aromatic rings. The van der Waals surface area contributed by atoms with E-state index in [0.29, 0.717) is 18.8 Å². The Kier molecular flexibility index (Phi) is 4.18. The second-order valence-corrected chi connectivity index (χ2v) is 5.90. The summed E-state index contributed by atoms with van der Waals surface area (Å²) in [4.78, 5) is 1.96. The second kappa shape index (κ2) is 6.15. The van der Waals surface area contributed by atoms with Crippen LogP contribution in [0.25, 0.3) is 0 Å². The summed E-state index contributed by atoms with van der Waals surface area (Å²) in [7, 11) is 1.89. The van der Waals surface area contributed by atoms with E-state index in [1.165, 1.54) is 6.07 Å². The van der Waals surface area contributed by atoms with Crippen molar-refractivity contribution in [1.29, 1.82) is 5.26 Å². The van der Waals surface area contributed by atoms with Gasteiger partial charge in [-0.1, -0.05) is 0 Å². The van der Waals surface area contributed by atoms with Crippen LogP contribution < -0.4 is 4.90 Å². The number of aryl methyl sites for hydroxylation is 1. The summed E-state index contributed by atoms with van der Waals surface area (Å²) in [5.74, 6) is 1.19. The summed E-state index contributed by atoms with van der Waals surface area (Å²) in [5.41, 5.74) is -0.180. The lowest BCUT2D eigenvalue weighted by Crippen LogP contribution is -2.34. The lowest BCUT2D eigenvalue weighted by atomic mass is 9.95. The van der Waals surface area contributed by atoms with Gasteiger partial charge in [-0.25, -0.2) is 0 Å². The van der Waals surface area contributed by atoms with E-state index in [9.17, 15) is 18.4 Å². The summed E-state index contributed by atoms with van der Waals surface area (Å²) in [6.07, 6.45) is -1.15. The summed E-state index contributed by atoms with van der Waals surface area (Å²) in [6, 6.07) is 5.23. The predicted octanol–water partition coefficient (Wildman–Crippen LogP) is 3.09. The third-order valence-corrected chi connectivity index (χ3v) is 4.39. The van der Waals surface area contributed by atoms with Crippen LogP contribution in [-0.2, 0) is 13.2 Å². The van der Waals surface area contributed by atoms with Gasteiger partial charge < -0.3 is 9.47 Å². The van der Waals surface area contributed by atoms with Gasteiger partial charge in [-0.05, 0) is 31.0 Å². The van der Waals surface area contributed by atoms with E-state index in [0.717, 1.165) is 30.8 Å². The van der Waals surface area contributed by atoms with Crippen LogP contribution in [0.4, 0.5) is 18.9 Å². The topological polar surface area (TPSA) is 57.7 Å². The van der Waals surface area contributed by atoms with Gasteiger partial charge in [0.2, 0.25) is 0 Å². The Morgan fingerprint density at radius 1 is 1.25 bits per heavy atom. The molecule has 1 aromatic carbocycles. The van der Waals surface area contributed by atoms with Crippen molar-refractivity contribution in [2.24, 2.45) is 7.05 Å². The first-order chi connectivity index (χ1) is 11.4. The molecule has 0 radical (unpaired) electrons. The van der Waals surface area contributed by atoms with Gasteiger partial charge in [0.25, 0.3) is 0 Å². The highest BCUT2D eigenvalue weighted by Gasteiger charge is 2.32. The highest BCUT2D eigenvalue weighted by atomic mass is 19.4. The molecule has 3 rings (SSSR count). The number of hydrogen-bond donors (Lipinski definition) is 0. The van der Waals surface area contributed by atoms with E-state index in [4.69, 9.17) is 0 Å². The zero-order valence-electron chi connectivity index (χ0n) is 13.1. The summed E-state index contributed by atoms with van der Waals surface area (Å²) >= 11 is 0. The Morgan fingerprint density at radius 3 is 2.50 bits per heavy atom. The zero-order chi connectivity index (χ0) is 17.3. The van der Waals surface area contributed by atoms with Crippen molar-refractivity contribution in [3.63, 3.8) is 0 Å². The van der Waals surface area contributed by atoms with Gasteiger partial charge in [0.05, 0.1) is 16.8 Å². The van der Waals surface area contributed by atoms with Gasteiger partial charge in [0.15, 0.2) is 0 Å². The lowest BCUT2D eigenvalue weighted by Gasteiger charge is -2.33. The first-order valence-electron chi connectivity index (χ1n) is 7.60. The quantitative estimate of drug-likeness (QED) is 0.846. The van der Waals surface area contributed by atoms with Crippen LogP contribution in [0.5, 0.6) is 0 Å². The number of halogens is 3. The number of nitriles is 1. The Hall–Kier alpha value is -2.56. The Morgan fingerprint density at radius 2 is 1.96 bits per heavy atom. The molecule has 0 amide bonds. The van der Waals surface area contributed by atoms with E-state index in [1.54, 1.807) is 6.33 Å². The van der Waals surface area contributed by atoms with Crippen molar-refractivity contribution in [3.8, 4) is 6.07 Å². The average molecular weight is 335 g/mol. The Bertz CT molecular complexity index is 767. The van der Waals surface area contributed by atoms with E-state index >= 15 is 0 Å². The summed E-state index contributed by atoms with van der Waals surface area (Å²) in [6.45, 7) is 1.33. The van der Waals surface area contributed by atoms with Gasteiger partial charge in [-0.3, -0.25) is 0 Å². The van der Waals surface area contributed by atoms with Crippen molar-refractivity contribution in [1.82, 2.24) is 14.8 Å². The van der Waals surface area contributed by atoms with Crippen LogP contribution in [0.2, 0.25) is 0 Å². The smallest absolute Gasteiger partial charge is 0.370 e. The Balaban J connectivity index is 1.77. The van der Waals surface area contributed by atoms with Crippen LogP contribution in [0.3, 0.4) is 0 Å². The van der Waals surface area contributed by atoms with Gasteiger partial charge in [-0.2, -0.15) is 18.4 Å². The van der Waals surface area contributed by atoms with Gasteiger partial charge in [-0.15, -0.1) is 10.2 Å². The fourth-order valence-electron chi connectivity index (χ4n) is 3.12. The minimum Gasteiger partial charge on any atom is -0.370 e. The highest BCUT2D eigenvalue weighted by Crippen LogP contribution is 2.35. The highest BCUT2D eigenvalue weighted by molar-refractivity contribution is 5.61. The van der Waals surface area contributed by atoms with E-state index in [-0.39, 0.29) is 11.5 Å². The van der Waals surface area contributed by atoms with Crippen molar-refractivity contribution >= 4 is 5.69 Å². The fraction of sp³-hybridized carbons (Fsp3) is 0.438. The third kappa shape index (κ3) is 3.07. The van der Waals surface area contributed by atoms with Crippen molar-refractivity contribution < 1.29 is 13.2 Å². The van der Waals surface area contributed by atoms with Gasteiger partial charge >= 0.3 is 6.18 Å². The molecule has 8 heteroatoms. The first kappa shape index (κ1) is 16.3. The number of rotatable bonds is 2. The molecule has 0 aliphatic carbocycles. The minimum absolute atomic E-state index is 0.0573. The molecular weight excluding hydrogens is 319 g/mol. The molecule has 0 bridgehead atoms. The van der Waals surface area contributed by atoms with E-state index < -0.39 is 11.7 Å². The number of anilines is 1. The lowest BCUT2D eigenvalue weighted by molar-refractivity contribution is -0.137. The molecule has 0 spiro atoms. The molecule has 1 aliphatic heterocycles. The maximum atomic E-state index is 12.8. The standard InChI is InChI=1S/C16H16F3N5/c1-23-10-21-22-15(23)11-4-6-24(7-5-11)14-3-2-13(16(17,18)19)8-12(14)9-20/h2-3,8,10-11H,4-7H2,1H3. The van der Waals surface area contributed by atoms with Crippen LogP contribution in [0, 0.1) is 11.3 Å². The molecule has 1 aromatic heterocycles. The van der Waals surface area contributed by atoms with E-state index in [2.05, 4.69) is 10.2 Å². The number of nitrogens with zero attached hydrogens (tertiary/aromatic N) is 5. The molecule has 24 heavy (non-hydrogen) atoms. The predicted molar refractivity (Wildman–Crippen MR) is 81.4 cm³/mol. The van der Waals surface area contributed by atoms with Crippen LogP contribution in [0.1, 0.15) is 35.7 Å². The molecule has 1 aliphatic rings. The fourth-order valence-corrected chi connectivity index (χ4v) is 3.12. The second-order valence-electron chi connectivity index (χ2n) is 5.90. The van der Waals surface area contributed by atoms with Crippen molar-refractivity contribution in [2.75, 3.05) is 18.0 Å². The monoisotopic (exact) mass is 335 g/mol. The molecule has 5 nitrogen and oxygen atoms in total. The average Bonchev–Trinajstić information content (AvgIpc) is 2.99. The summed E-state index contributed by atoms with van der Waals surface area (Å²) in [5, 5.41) is 17.2. The molecule has 0 atom stereocenters. The van der Waals surface area contributed by atoms with Crippen molar-refractivity contribution in [2.45, 2.75) is 24.9 Å². The Labute approximate surface area is 137 Å². The maximum absolute atomic E-state index is 12.8. The number of benzene rings is 1. The molecule has 0 unspecified atom stereocenters. The SMILES string of the molecule is Cn1cnnc1C1CCN(c2ccc(C(F)(F)F)cc2C#N)CC1. The van der Waals surface area contributed by atoms with Crippen LogP contribution >= 0.6 is 0 Å². The molecular formula is C16H16F3N5. The minimum atomic E-state index is -4.44. The first-order valence-corrected chi connectivity index (χ1v) is 7.60. The number of piperidine rings is 1. The van der Waals surface area contributed by atoms with Crippen LogP contribution in [-0.4, -0.2) is 27.9 Å². The number of hydrogen-bond acceptors (Lipinski definition) is 4.